The molecule has 2 N–H and O–H groups in total. The number of aromatic amines is 1. The molecule has 0 unspecified atom stereocenters. The van der Waals surface area contributed by atoms with Crippen molar-refractivity contribution in [2.24, 2.45) is 0 Å². The van der Waals surface area contributed by atoms with Gasteiger partial charge in [0.2, 0.25) is 11.8 Å². The first-order valence-electron chi connectivity index (χ1n) is 9.68. The second-order valence-corrected chi connectivity index (χ2v) is 7.42. The number of H-pyrrole nitrogens is 1. The number of hydrogen-bond acceptors (Lipinski definition) is 4. The van der Waals surface area contributed by atoms with Crippen LogP contribution in [-0.2, 0) is 22.6 Å². The van der Waals surface area contributed by atoms with E-state index in [4.69, 9.17) is 16.9 Å². The highest BCUT2D eigenvalue weighted by molar-refractivity contribution is 6.30. The van der Waals surface area contributed by atoms with Crippen molar-refractivity contribution in [1.82, 2.24) is 15.2 Å². The van der Waals surface area contributed by atoms with Crippen LogP contribution in [0.15, 0.2) is 29.1 Å². The van der Waals surface area contributed by atoms with E-state index in [0.717, 1.165) is 11.1 Å². The molecule has 0 spiro atoms. The molecule has 30 heavy (non-hydrogen) atoms. The van der Waals surface area contributed by atoms with Crippen LogP contribution in [0.4, 0.5) is 0 Å². The molecule has 2 aromatic rings. The number of likely N-dealkylation sites (N-methyl/N-ethyl adjacent to an activating group) is 1. The topological polar surface area (TPSA) is 106 Å². The number of pyridine rings is 1. The number of carbonyl (C=O) groups is 2. The fraction of sp³-hybridized carbons (Fsp3) is 0.364. The van der Waals surface area contributed by atoms with Crippen LogP contribution < -0.4 is 10.9 Å². The first kappa shape index (κ1) is 23.2. The van der Waals surface area contributed by atoms with Crippen molar-refractivity contribution in [2.45, 2.75) is 40.2 Å². The number of amides is 2. The van der Waals surface area contributed by atoms with Crippen molar-refractivity contribution in [3.8, 4) is 6.07 Å². The third-order valence-electron chi connectivity index (χ3n) is 4.98. The molecule has 1 aromatic carbocycles. The lowest BCUT2D eigenvalue weighted by atomic mass is 9.99. The predicted octanol–water partition coefficient (Wildman–Crippen LogP) is 2.61. The number of halogens is 1. The highest BCUT2D eigenvalue weighted by Gasteiger charge is 2.18. The van der Waals surface area contributed by atoms with Crippen molar-refractivity contribution < 1.29 is 9.59 Å². The van der Waals surface area contributed by atoms with Crippen LogP contribution in [0.2, 0.25) is 5.02 Å². The Morgan fingerprint density at radius 3 is 2.50 bits per heavy atom. The maximum atomic E-state index is 12.6. The van der Waals surface area contributed by atoms with Gasteiger partial charge in [-0.1, -0.05) is 23.7 Å². The van der Waals surface area contributed by atoms with E-state index in [9.17, 15) is 14.4 Å². The molecule has 2 amide bonds. The molecule has 1 heterocycles. The fourth-order valence-corrected chi connectivity index (χ4v) is 3.34. The van der Waals surface area contributed by atoms with Crippen molar-refractivity contribution in [3.63, 3.8) is 0 Å². The normalized spacial score (nSPS) is 10.4. The quantitative estimate of drug-likeness (QED) is 0.673. The molecule has 0 aliphatic carbocycles. The summed E-state index contributed by atoms with van der Waals surface area (Å²) in [6.45, 7) is 6.00. The minimum Gasteiger partial charge on any atom is -0.350 e. The van der Waals surface area contributed by atoms with Gasteiger partial charge in [-0.3, -0.25) is 14.4 Å². The van der Waals surface area contributed by atoms with Gasteiger partial charge in [-0.15, -0.1) is 0 Å². The summed E-state index contributed by atoms with van der Waals surface area (Å²) in [5, 5.41) is 12.6. The molecule has 0 radical (unpaired) electrons. The van der Waals surface area contributed by atoms with Crippen LogP contribution in [0.5, 0.6) is 0 Å². The maximum Gasteiger partial charge on any atom is 0.266 e. The first-order valence-corrected chi connectivity index (χ1v) is 10.1. The zero-order chi connectivity index (χ0) is 22.3. The summed E-state index contributed by atoms with van der Waals surface area (Å²) < 4.78 is 0. The number of nitrogens with one attached hydrogen (secondary N) is 2. The van der Waals surface area contributed by atoms with Gasteiger partial charge in [0.1, 0.15) is 11.6 Å². The summed E-state index contributed by atoms with van der Waals surface area (Å²) >= 11 is 5.85. The van der Waals surface area contributed by atoms with Gasteiger partial charge in [-0.05, 0) is 56.0 Å². The van der Waals surface area contributed by atoms with Gasteiger partial charge in [-0.25, -0.2) is 0 Å². The summed E-state index contributed by atoms with van der Waals surface area (Å²) in [4.78, 5) is 40.9. The molecule has 0 fully saturated rings. The van der Waals surface area contributed by atoms with E-state index >= 15 is 0 Å². The Morgan fingerprint density at radius 2 is 1.90 bits per heavy atom. The molecule has 0 aliphatic heterocycles. The van der Waals surface area contributed by atoms with Crippen molar-refractivity contribution in [1.29, 1.82) is 5.26 Å². The molecular weight excluding hydrogens is 404 g/mol. The number of nitrogens with zero attached hydrogens (tertiary/aromatic N) is 2. The minimum absolute atomic E-state index is 0.0318. The second-order valence-electron chi connectivity index (χ2n) is 6.98. The SMILES string of the molecule is CCN(CC(=O)NCc1ccc(Cl)cc1)C(=O)CCc1c(C)[nH]c(=O)c(C#N)c1C. The molecular formula is C22H25ClN4O3. The van der Waals surface area contributed by atoms with Gasteiger partial charge in [0.05, 0.1) is 6.54 Å². The monoisotopic (exact) mass is 428 g/mol. The fourth-order valence-electron chi connectivity index (χ4n) is 3.22. The van der Waals surface area contributed by atoms with E-state index in [1.54, 1.807) is 26.0 Å². The molecule has 1 aromatic heterocycles. The highest BCUT2D eigenvalue weighted by atomic mass is 35.5. The summed E-state index contributed by atoms with van der Waals surface area (Å²) in [6, 6.07) is 9.08. The Morgan fingerprint density at radius 1 is 1.23 bits per heavy atom. The highest BCUT2D eigenvalue weighted by Crippen LogP contribution is 2.15. The van der Waals surface area contributed by atoms with Crippen molar-refractivity contribution in [2.75, 3.05) is 13.1 Å². The number of aromatic nitrogens is 1. The Bertz CT molecular complexity index is 1020. The van der Waals surface area contributed by atoms with Crippen LogP contribution in [0.25, 0.3) is 0 Å². The Labute approximate surface area is 180 Å². The third kappa shape index (κ3) is 5.94. The van der Waals surface area contributed by atoms with E-state index in [1.807, 2.05) is 25.1 Å². The Kier molecular flexibility index (Phi) is 8.19. The molecule has 0 saturated heterocycles. The van der Waals surface area contributed by atoms with Gasteiger partial charge in [-0.2, -0.15) is 5.26 Å². The number of carbonyl (C=O) groups excluding carboxylic acids is 2. The summed E-state index contributed by atoms with van der Waals surface area (Å²) in [5.41, 5.74) is 2.58. The molecule has 0 atom stereocenters. The summed E-state index contributed by atoms with van der Waals surface area (Å²) in [5.74, 6) is -0.411. The largest absolute Gasteiger partial charge is 0.350 e. The first-order chi connectivity index (χ1) is 14.3. The Hall–Kier alpha value is -3.11. The maximum absolute atomic E-state index is 12.6. The van der Waals surface area contributed by atoms with E-state index in [0.29, 0.717) is 35.8 Å². The average Bonchev–Trinajstić information content (AvgIpc) is 2.71. The summed E-state index contributed by atoms with van der Waals surface area (Å²) in [6.07, 6.45) is 0.557. The van der Waals surface area contributed by atoms with Crippen molar-refractivity contribution >= 4 is 23.4 Å². The van der Waals surface area contributed by atoms with Crippen molar-refractivity contribution in [3.05, 3.63) is 67.6 Å². The van der Waals surface area contributed by atoms with Gasteiger partial charge in [0, 0.05) is 30.2 Å². The van der Waals surface area contributed by atoms with Gasteiger partial charge >= 0.3 is 0 Å². The van der Waals surface area contributed by atoms with E-state index in [2.05, 4.69) is 10.3 Å². The molecule has 2 rings (SSSR count). The number of rotatable bonds is 8. The molecule has 0 aliphatic rings. The lowest BCUT2D eigenvalue weighted by Crippen LogP contribution is -2.40. The molecule has 8 heteroatoms. The average molecular weight is 429 g/mol. The van der Waals surface area contributed by atoms with Crippen LogP contribution in [0.1, 0.15) is 41.3 Å². The predicted molar refractivity (Wildman–Crippen MR) is 115 cm³/mol. The van der Waals surface area contributed by atoms with E-state index < -0.39 is 5.56 Å². The van der Waals surface area contributed by atoms with E-state index in [1.165, 1.54) is 4.90 Å². The number of benzene rings is 1. The second kappa shape index (κ2) is 10.6. The molecule has 0 saturated carbocycles. The van der Waals surface area contributed by atoms with Crippen LogP contribution in [0, 0.1) is 25.2 Å². The zero-order valence-corrected chi connectivity index (χ0v) is 18.1. The summed E-state index contributed by atoms with van der Waals surface area (Å²) in [7, 11) is 0. The number of nitriles is 1. The Balaban J connectivity index is 1.95. The number of aryl methyl sites for hydroxylation is 1. The minimum atomic E-state index is -0.421. The van der Waals surface area contributed by atoms with Crippen LogP contribution >= 0.6 is 11.6 Å². The zero-order valence-electron chi connectivity index (χ0n) is 17.3. The molecule has 7 nitrogen and oxygen atoms in total. The van der Waals surface area contributed by atoms with Crippen LogP contribution in [0.3, 0.4) is 0 Å². The smallest absolute Gasteiger partial charge is 0.266 e. The molecule has 0 bridgehead atoms. The standard InChI is InChI=1S/C22H25ClN4O3/c1-4-27(13-20(28)25-12-16-5-7-17(23)8-6-16)21(29)10-9-18-14(2)19(11-24)22(30)26-15(18)3/h5-8H,4,9-10,12-13H2,1-3H3,(H,25,28)(H,26,30). The van der Waals surface area contributed by atoms with Crippen LogP contribution in [-0.4, -0.2) is 34.8 Å². The molecule has 158 valence electrons. The van der Waals surface area contributed by atoms with Gasteiger partial charge in [0.25, 0.3) is 5.56 Å². The third-order valence-corrected chi connectivity index (χ3v) is 5.23. The lowest BCUT2D eigenvalue weighted by Gasteiger charge is -2.21. The lowest BCUT2D eigenvalue weighted by molar-refractivity contribution is -0.135. The van der Waals surface area contributed by atoms with E-state index in [-0.39, 0.29) is 30.3 Å². The van der Waals surface area contributed by atoms with Gasteiger partial charge < -0.3 is 15.2 Å². The van der Waals surface area contributed by atoms with Gasteiger partial charge in [0.15, 0.2) is 0 Å². The number of hydrogen-bond donors (Lipinski definition) is 2.